The summed E-state index contributed by atoms with van der Waals surface area (Å²) in [4.78, 5) is 10.3. The molecule has 0 unspecified atom stereocenters. The van der Waals surface area contributed by atoms with Crippen LogP contribution in [-0.4, -0.2) is 29.3 Å². The van der Waals surface area contributed by atoms with Gasteiger partial charge in [0.25, 0.3) is 0 Å². The van der Waals surface area contributed by atoms with Gasteiger partial charge in [0.1, 0.15) is 5.01 Å². The second-order valence-electron chi connectivity index (χ2n) is 6.70. The van der Waals surface area contributed by atoms with E-state index in [0.717, 1.165) is 24.1 Å². The van der Waals surface area contributed by atoms with Gasteiger partial charge in [0.2, 0.25) is 0 Å². The lowest BCUT2D eigenvalue weighted by Gasteiger charge is -2.18. The molecule has 7 heteroatoms. The zero-order valence-electron chi connectivity index (χ0n) is 15.5. The molecule has 1 aromatic carbocycles. The summed E-state index contributed by atoms with van der Waals surface area (Å²) in [6.45, 7) is 6.00. The maximum Gasteiger partial charge on any atom is 0.191 e. The van der Waals surface area contributed by atoms with Gasteiger partial charge in [0.05, 0.1) is 12.2 Å². The first-order chi connectivity index (χ1) is 12.1. The second kappa shape index (κ2) is 9.94. The minimum absolute atomic E-state index is 0. The number of nitrogens with one attached hydrogen (secondary N) is 2. The maximum absolute atomic E-state index is 4.66. The molecular weight excluding hydrogens is 475 g/mol. The van der Waals surface area contributed by atoms with Crippen molar-refractivity contribution in [2.45, 2.75) is 48.8 Å². The standard InChI is InChI=1S/C19H26N4S2.HI/c1-14(2)16-12-24-17(23-16)11-21-18(20-3)22-13-19(9-10-19)25-15-7-5-4-6-8-15;/h4-8,12,14H,9-11,13H2,1-3H3,(H2,20,21,22);1H. The predicted molar refractivity (Wildman–Crippen MR) is 124 cm³/mol. The zero-order chi connectivity index (χ0) is 17.7. The Balaban J connectivity index is 0.00000243. The number of nitrogens with zero attached hydrogens (tertiary/aromatic N) is 2. The van der Waals surface area contributed by atoms with Crippen LogP contribution in [0.5, 0.6) is 0 Å². The highest BCUT2D eigenvalue weighted by molar-refractivity contribution is 14.0. The van der Waals surface area contributed by atoms with Crippen LogP contribution < -0.4 is 10.6 Å². The molecule has 0 aliphatic heterocycles. The SMILES string of the molecule is CN=C(NCc1nc(C(C)C)cs1)NCC1(Sc2ccccc2)CC1.I. The Labute approximate surface area is 181 Å². The third-order valence-corrected chi connectivity index (χ3v) is 6.62. The van der Waals surface area contributed by atoms with Gasteiger partial charge in [-0.1, -0.05) is 32.0 Å². The number of hydrogen-bond donors (Lipinski definition) is 2. The molecule has 2 N–H and O–H groups in total. The lowest BCUT2D eigenvalue weighted by atomic mass is 10.2. The highest BCUT2D eigenvalue weighted by Gasteiger charge is 2.43. The third kappa shape index (κ3) is 6.13. The predicted octanol–water partition coefficient (Wildman–Crippen LogP) is 4.87. The van der Waals surface area contributed by atoms with Crippen molar-refractivity contribution in [1.29, 1.82) is 0 Å². The van der Waals surface area contributed by atoms with Crippen LogP contribution in [0.4, 0.5) is 0 Å². The molecule has 4 nitrogen and oxygen atoms in total. The average Bonchev–Trinajstić information content (AvgIpc) is 3.20. The summed E-state index contributed by atoms with van der Waals surface area (Å²) in [7, 11) is 1.82. The van der Waals surface area contributed by atoms with E-state index in [-0.39, 0.29) is 24.0 Å². The summed E-state index contributed by atoms with van der Waals surface area (Å²) in [5.41, 5.74) is 1.17. The number of aromatic nitrogens is 1. The van der Waals surface area contributed by atoms with Crippen LogP contribution in [-0.2, 0) is 6.54 Å². The summed E-state index contributed by atoms with van der Waals surface area (Å²) in [5, 5.41) is 10.1. The molecule has 1 heterocycles. The molecule has 1 aliphatic rings. The molecule has 0 saturated heterocycles. The third-order valence-electron chi connectivity index (χ3n) is 4.25. The van der Waals surface area contributed by atoms with Gasteiger partial charge in [-0.25, -0.2) is 4.98 Å². The number of guanidine groups is 1. The summed E-state index contributed by atoms with van der Waals surface area (Å²) >= 11 is 3.68. The summed E-state index contributed by atoms with van der Waals surface area (Å²) in [5.74, 6) is 1.33. The van der Waals surface area contributed by atoms with Gasteiger partial charge >= 0.3 is 0 Å². The molecule has 2 aromatic rings. The molecule has 3 rings (SSSR count). The van der Waals surface area contributed by atoms with Crippen molar-refractivity contribution in [2.75, 3.05) is 13.6 Å². The minimum Gasteiger partial charge on any atom is -0.355 e. The van der Waals surface area contributed by atoms with Gasteiger partial charge in [-0.2, -0.15) is 0 Å². The first kappa shape index (κ1) is 21.5. The van der Waals surface area contributed by atoms with Crippen molar-refractivity contribution in [3.05, 3.63) is 46.4 Å². The van der Waals surface area contributed by atoms with Gasteiger partial charge in [-0.3, -0.25) is 4.99 Å². The van der Waals surface area contributed by atoms with Gasteiger partial charge in [-0.05, 0) is 30.9 Å². The molecule has 0 atom stereocenters. The normalized spacial score (nSPS) is 15.5. The topological polar surface area (TPSA) is 49.3 Å². The number of halogens is 1. The Hall–Kier alpha value is -0.800. The molecular formula is C19H27IN4S2. The fourth-order valence-corrected chi connectivity index (χ4v) is 4.63. The Morgan fingerprint density at radius 2 is 2.00 bits per heavy atom. The molecule has 142 valence electrons. The molecule has 1 saturated carbocycles. The van der Waals surface area contributed by atoms with Crippen molar-refractivity contribution in [3.8, 4) is 0 Å². The highest BCUT2D eigenvalue weighted by Crippen LogP contribution is 2.51. The number of hydrogen-bond acceptors (Lipinski definition) is 4. The molecule has 0 bridgehead atoms. The smallest absolute Gasteiger partial charge is 0.191 e. The number of rotatable bonds is 7. The zero-order valence-corrected chi connectivity index (χ0v) is 19.5. The molecule has 0 spiro atoms. The monoisotopic (exact) mass is 502 g/mol. The van der Waals surface area contributed by atoms with Gasteiger partial charge < -0.3 is 10.6 Å². The minimum atomic E-state index is 0. The highest BCUT2D eigenvalue weighted by atomic mass is 127. The van der Waals surface area contributed by atoms with E-state index in [1.165, 1.54) is 23.4 Å². The number of aliphatic imine (C=N–C) groups is 1. The van der Waals surface area contributed by atoms with Crippen molar-refractivity contribution in [2.24, 2.45) is 4.99 Å². The molecule has 1 fully saturated rings. The summed E-state index contributed by atoms with van der Waals surface area (Å²) in [6, 6.07) is 10.6. The Morgan fingerprint density at radius 3 is 2.58 bits per heavy atom. The Morgan fingerprint density at radius 1 is 1.27 bits per heavy atom. The molecule has 26 heavy (non-hydrogen) atoms. The van der Waals surface area contributed by atoms with Crippen LogP contribution in [0.15, 0.2) is 45.6 Å². The fraction of sp³-hybridized carbons (Fsp3) is 0.474. The summed E-state index contributed by atoms with van der Waals surface area (Å²) < 4.78 is 0.310. The van der Waals surface area contributed by atoms with Gasteiger partial charge in [-0.15, -0.1) is 47.1 Å². The van der Waals surface area contributed by atoms with Crippen LogP contribution in [0, 0.1) is 0 Å². The first-order valence-corrected chi connectivity index (χ1v) is 10.4. The van der Waals surface area contributed by atoms with Crippen molar-refractivity contribution < 1.29 is 0 Å². The Bertz CT molecular complexity index is 711. The quantitative estimate of drug-likeness (QED) is 0.322. The van der Waals surface area contributed by atoms with E-state index in [1.807, 2.05) is 18.8 Å². The molecule has 0 amide bonds. The Kier molecular flexibility index (Phi) is 8.22. The first-order valence-electron chi connectivity index (χ1n) is 8.73. The van der Waals surface area contributed by atoms with Crippen LogP contribution in [0.2, 0.25) is 0 Å². The number of benzene rings is 1. The van der Waals surface area contributed by atoms with Gasteiger partial charge in [0, 0.05) is 28.6 Å². The van der Waals surface area contributed by atoms with Crippen LogP contribution in [0.25, 0.3) is 0 Å². The lowest BCUT2D eigenvalue weighted by molar-refractivity contribution is 0.758. The van der Waals surface area contributed by atoms with Crippen molar-refractivity contribution in [1.82, 2.24) is 15.6 Å². The van der Waals surface area contributed by atoms with Crippen LogP contribution >= 0.6 is 47.1 Å². The fourth-order valence-electron chi connectivity index (χ4n) is 2.49. The van der Waals surface area contributed by atoms with E-state index < -0.39 is 0 Å². The maximum atomic E-state index is 4.66. The lowest BCUT2D eigenvalue weighted by Crippen LogP contribution is -2.40. The van der Waals surface area contributed by atoms with E-state index in [4.69, 9.17) is 0 Å². The molecule has 0 radical (unpaired) electrons. The van der Waals surface area contributed by atoms with Crippen molar-refractivity contribution in [3.63, 3.8) is 0 Å². The van der Waals surface area contributed by atoms with E-state index >= 15 is 0 Å². The van der Waals surface area contributed by atoms with E-state index in [9.17, 15) is 0 Å². The summed E-state index contributed by atoms with van der Waals surface area (Å²) in [6.07, 6.45) is 2.50. The van der Waals surface area contributed by atoms with Crippen LogP contribution in [0.3, 0.4) is 0 Å². The van der Waals surface area contributed by atoms with Crippen molar-refractivity contribution >= 4 is 53.0 Å². The van der Waals surface area contributed by atoms with Gasteiger partial charge in [0.15, 0.2) is 5.96 Å². The average molecular weight is 502 g/mol. The van der Waals surface area contributed by atoms with E-state index in [1.54, 1.807) is 11.3 Å². The molecule has 1 aromatic heterocycles. The second-order valence-corrected chi connectivity index (χ2v) is 9.18. The van der Waals surface area contributed by atoms with E-state index in [2.05, 4.69) is 70.2 Å². The van der Waals surface area contributed by atoms with Crippen LogP contribution in [0.1, 0.15) is 43.3 Å². The number of thioether (sulfide) groups is 1. The number of thiazole rings is 1. The van der Waals surface area contributed by atoms with E-state index in [0.29, 0.717) is 10.7 Å². The molecule has 1 aliphatic carbocycles. The largest absolute Gasteiger partial charge is 0.355 e.